The molecule has 0 bridgehead atoms. The zero-order valence-corrected chi connectivity index (χ0v) is 18.8. The lowest BCUT2D eigenvalue weighted by atomic mass is 9.98. The normalized spacial score (nSPS) is 12.9. The van der Waals surface area contributed by atoms with Crippen LogP contribution in [0.5, 0.6) is 11.5 Å². The number of nitro groups is 1. The van der Waals surface area contributed by atoms with Crippen molar-refractivity contribution in [1.29, 1.82) is 0 Å². The minimum absolute atomic E-state index is 0.0437. The van der Waals surface area contributed by atoms with E-state index in [1.165, 1.54) is 6.07 Å². The summed E-state index contributed by atoms with van der Waals surface area (Å²) in [6.45, 7) is 1.10. The average molecular weight is 457 g/mol. The van der Waals surface area contributed by atoms with Crippen molar-refractivity contribution in [3.05, 3.63) is 87.6 Å². The predicted molar refractivity (Wildman–Crippen MR) is 128 cm³/mol. The van der Waals surface area contributed by atoms with Crippen LogP contribution in [0.25, 0.3) is 22.0 Å². The van der Waals surface area contributed by atoms with Gasteiger partial charge in [-0.25, -0.2) is 0 Å². The lowest BCUT2D eigenvalue weighted by molar-refractivity contribution is -0.384. The van der Waals surface area contributed by atoms with E-state index in [9.17, 15) is 14.9 Å². The van der Waals surface area contributed by atoms with Crippen molar-refractivity contribution in [3.8, 4) is 22.6 Å². The molecule has 172 valence electrons. The van der Waals surface area contributed by atoms with Gasteiger partial charge in [0.2, 0.25) is 0 Å². The summed E-state index contributed by atoms with van der Waals surface area (Å²) in [5.41, 5.74) is 5.18. The van der Waals surface area contributed by atoms with Crippen LogP contribution in [0.15, 0.2) is 60.7 Å². The van der Waals surface area contributed by atoms with Crippen LogP contribution in [0.4, 0.5) is 5.69 Å². The van der Waals surface area contributed by atoms with E-state index in [1.54, 1.807) is 26.4 Å². The number of carbonyl (C=O) groups is 1. The number of H-pyrrole nitrogens is 1. The molecule has 34 heavy (non-hydrogen) atoms. The summed E-state index contributed by atoms with van der Waals surface area (Å²) in [6.07, 6.45) is 0.735. The first-order valence-electron chi connectivity index (χ1n) is 10.9. The van der Waals surface area contributed by atoms with Crippen LogP contribution in [0.2, 0.25) is 0 Å². The number of nitrogens with one attached hydrogen (secondary N) is 1. The summed E-state index contributed by atoms with van der Waals surface area (Å²) in [6, 6.07) is 18.0. The van der Waals surface area contributed by atoms with Gasteiger partial charge in [-0.05, 0) is 59.0 Å². The lowest BCUT2D eigenvalue weighted by Crippen LogP contribution is -2.36. The number of rotatable bonds is 5. The van der Waals surface area contributed by atoms with E-state index in [2.05, 4.69) is 4.98 Å². The van der Waals surface area contributed by atoms with Crippen molar-refractivity contribution < 1.29 is 19.2 Å². The van der Waals surface area contributed by atoms with Crippen molar-refractivity contribution in [2.45, 2.75) is 13.0 Å². The van der Waals surface area contributed by atoms with Gasteiger partial charge in [-0.15, -0.1) is 0 Å². The van der Waals surface area contributed by atoms with Crippen LogP contribution in [0, 0.1) is 10.1 Å². The number of carbonyl (C=O) groups excluding carboxylic acids is 1. The molecule has 0 spiro atoms. The molecule has 1 aliphatic rings. The maximum absolute atomic E-state index is 13.3. The molecular formula is C26H23N3O5. The predicted octanol–water partition coefficient (Wildman–Crippen LogP) is 4.96. The van der Waals surface area contributed by atoms with Gasteiger partial charge in [0.1, 0.15) is 5.69 Å². The number of methoxy groups -OCH3 is 2. The monoisotopic (exact) mass is 457 g/mol. The van der Waals surface area contributed by atoms with Gasteiger partial charge >= 0.3 is 0 Å². The zero-order valence-electron chi connectivity index (χ0n) is 18.8. The minimum Gasteiger partial charge on any atom is -0.493 e. The summed E-state index contributed by atoms with van der Waals surface area (Å²) in [5, 5.41) is 12.0. The Morgan fingerprint density at radius 2 is 1.71 bits per heavy atom. The Morgan fingerprint density at radius 3 is 2.44 bits per heavy atom. The van der Waals surface area contributed by atoms with E-state index in [0.29, 0.717) is 30.3 Å². The number of non-ortho nitro benzene ring substituents is 1. The molecule has 0 saturated carbocycles. The molecule has 1 aliphatic heterocycles. The Labute approximate surface area is 195 Å². The van der Waals surface area contributed by atoms with Gasteiger partial charge in [-0.2, -0.15) is 0 Å². The number of fused-ring (bicyclic) bond motifs is 2. The zero-order chi connectivity index (χ0) is 23.8. The summed E-state index contributed by atoms with van der Waals surface area (Å²) in [4.78, 5) is 29.0. The standard InChI is InChI=1S/C26H23N3O5/c1-33-24-13-18-8-9-28(15-20(18)14-25(24)34-2)26(30)23-12-19-10-17(6-7-22(19)27-23)16-4-3-5-21(11-16)29(31)32/h3-7,10-14,27H,8-9,15H2,1-2H3. The van der Waals surface area contributed by atoms with Crippen LogP contribution in [0.3, 0.4) is 0 Å². The summed E-state index contributed by atoms with van der Waals surface area (Å²) >= 11 is 0. The molecule has 0 fully saturated rings. The van der Waals surface area contributed by atoms with Crippen molar-refractivity contribution >= 4 is 22.5 Å². The third kappa shape index (κ3) is 3.83. The quantitative estimate of drug-likeness (QED) is 0.337. The molecule has 0 radical (unpaired) electrons. The molecule has 8 heteroatoms. The minimum atomic E-state index is -0.405. The Bertz CT molecular complexity index is 1430. The average Bonchev–Trinajstić information content (AvgIpc) is 3.30. The number of benzene rings is 3. The first-order chi connectivity index (χ1) is 16.5. The lowest BCUT2D eigenvalue weighted by Gasteiger charge is -2.29. The highest BCUT2D eigenvalue weighted by atomic mass is 16.6. The summed E-state index contributed by atoms with van der Waals surface area (Å²) < 4.78 is 10.8. The fourth-order valence-corrected chi connectivity index (χ4v) is 4.45. The van der Waals surface area contributed by atoms with Gasteiger partial charge in [0.25, 0.3) is 11.6 Å². The largest absolute Gasteiger partial charge is 0.493 e. The van der Waals surface area contributed by atoms with Gasteiger partial charge in [0, 0.05) is 36.1 Å². The molecule has 5 rings (SSSR count). The Morgan fingerprint density at radius 1 is 0.971 bits per heavy atom. The molecule has 0 saturated heterocycles. The number of amides is 1. The van der Waals surface area contributed by atoms with Gasteiger partial charge in [0.15, 0.2) is 11.5 Å². The molecule has 3 aromatic carbocycles. The Kier molecular flexibility index (Phi) is 5.41. The maximum Gasteiger partial charge on any atom is 0.270 e. The van der Waals surface area contributed by atoms with E-state index in [1.807, 2.05) is 47.4 Å². The first kappa shape index (κ1) is 21.5. The SMILES string of the molecule is COc1cc2c(cc1OC)CN(C(=O)c1cc3cc(-c4cccc([N+](=O)[O-])c4)ccc3[nH]1)CC2. The number of nitro benzene ring substituents is 1. The molecule has 4 aromatic rings. The molecule has 1 amide bonds. The molecular weight excluding hydrogens is 434 g/mol. The van der Waals surface area contributed by atoms with Gasteiger partial charge in [-0.3, -0.25) is 14.9 Å². The fraction of sp³-hybridized carbons (Fsp3) is 0.192. The fourth-order valence-electron chi connectivity index (χ4n) is 4.45. The molecule has 0 aliphatic carbocycles. The van der Waals surface area contributed by atoms with Crippen molar-refractivity contribution in [2.75, 3.05) is 20.8 Å². The van der Waals surface area contributed by atoms with E-state index in [4.69, 9.17) is 9.47 Å². The van der Waals surface area contributed by atoms with Crippen LogP contribution in [-0.4, -0.2) is 41.5 Å². The summed E-state index contributed by atoms with van der Waals surface area (Å²) in [7, 11) is 3.21. The Hall–Kier alpha value is -4.33. The van der Waals surface area contributed by atoms with Crippen LogP contribution in [0.1, 0.15) is 21.6 Å². The van der Waals surface area contributed by atoms with Crippen LogP contribution in [-0.2, 0) is 13.0 Å². The van der Waals surface area contributed by atoms with Crippen molar-refractivity contribution in [3.63, 3.8) is 0 Å². The van der Waals surface area contributed by atoms with Crippen molar-refractivity contribution in [2.24, 2.45) is 0 Å². The number of nitrogens with zero attached hydrogens (tertiary/aromatic N) is 2. The van der Waals surface area contributed by atoms with E-state index < -0.39 is 4.92 Å². The number of ether oxygens (including phenoxy) is 2. The molecule has 1 N–H and O–H groups in total. The second-order valence-electron chi connectivity index (χ2n) is 8.25. The van der Waals surface area contributed by atoms with Gasteiger partial charge in [0.05, 0.1) is 19.1 Å². The van der Waals surface area contributed by atoms with E-state index in [-0.39, 0.29) is 11.6 Å². The third-order valence-corrected chi connectivity index (χ3v) is 6.25. The molecule has 8 nitrogen and oxygen atoms in total. The second-order valence-corrected chi connectivity index (χ2v) is 8.25. The maximum atomic E-state index is 13.3. The number of hydrogen-bond donors (Lipinski definition) is 1. The second kappa shape index (κ2) is 8.55. The molecule has 0 unspecified atom stereocenters. The Balaban J connectivity index is 1.41. The van der Waals surface area contributed by atoms with Crippen LogP contribution >= 0.6 is 0 Å². The number of aromatic nitrogens is 1. The highest BCUT2D eigenvalue weighted by Crippen LogP contribution is 2.34. The van der Waals surface area contributed by atoms with E-state index >= 15 is 0 Å². The third-order valence-electron chi connectivity index (χ3n) is 6.25. The molecule has 1 aromatic heterocycles. The first-order valence-corrected chi connectivity index (χ1v) is 10.9. The highest BCUT2D eigenvalue weighted by molar-refractivity contribution is 5.99. The van der Waals surface area contributed by atoms with Gasteiger partial charge < -0.3 is 19.4 Å². The van der Waals surface area contributed by atoms with Crippen LogP contribution < -0.4 is 9.47 Å². The summed E-state index contributed by atoms with van der Waals surface area (Å²) in [5.74, 6) is 1.26. The number of aromatic amines is 1. The highest BCUT2D eigenvalue weighted by Gasteiger charge is 2.25. The van der Waals surface area contributed by atoms with Gasteiger partial charge in [-0.1, -0.05) is 18.2 Å². The van der Waals surface area contributed by atoms with Crippen molar-refractivity contribution in [1.82, 2.24) is 9.88 Å². The molecule has 0 atom stereocenters. The smallest absolute Gasteiger partial charge is 0.270 e. The number of hydrogen-bond acceptors (Lipinski definition) is 5. The molecule has 2 heterocycles. The van der Waals surface area contributed by atoms with E-state index in [0.717, 1.165) is 39.6 Å². The topological polar surface area (TPSA) is 97.7 Å².